The van der Waals surface area contributed by atoms with Crippen LogP contribution in [-0.4, -0.2) is 18.5 Å². The Kier molecular flexibility index (Phi) is 4.47. The fourth-order valence-electron chi connectivity index (χ4n) is 6.89. The fraction of sp³-hybridized carbons (Fsp3) is 0. The Hall–Kier alpha value is -5.46. The van der Waals surface area contributed by atoms with Crippen molar-refractivity contribution in [2.24, 2.45) is 0 Å². The van der Waals surface area contributed by atoms with Crippen molar-refractivity contribution in [3.05, 3.63) is 133 Å². The van der Waals surface area contributed by atoms with Gasteiger partial charge in [0, 0.05) is 42.3 Å². The molecule has 6 heteroatoms. The monoisotopic (exact) mass is 572 g/mol. The van der Waals surface area contributed by atoms with Gasteiger partial charge in [-0.3, -0.25) is 8.97 Å². The third kappa shape index (κ3) is 3.05. The van der Waals surface area contributed by atoms with E-state index in [4.69, 9.17) is 4.98 Å². The maximum atomic E-state index is 15.1. The zero-order chi connectivity index (χ0) is 28.2. The predicted octanol–water partition coefficient (Wildman–Crippen LogP) is 10.0. The molecule has 0 saturated heterocycles. The first kappa shape index (κ1) is 23.1. The lowest BCUT2D eigenvalue weighted by molar-refractivity contribution is 0.640. The highest BCUT2D eigenvalue weighted by Gasteiger charge is 2.19. The molecule has 0 saturated carbocycles. The van der Waals surface area contributed by atoms with Crippen LogP contribution in [0.3, 0.4) is 0 Å². The molecule has 0 bridgehead atoms. The molecule has 0 N–H and O–H groups in total. The van der Waals surface area contributed by atoms with Crippen LogP contribution in [0.5, 0.6) is 0 Å². The normalized spacial score (nSPS) is 12.3. The van der Waals surface area contributed by atoms with Crippen LogP contribution >= 0.6 is 11.3 Å². The van der Waals surface area contributed by atoms with Gasteiger partial charge in [0.05, 0.1) is 33.1 Å². The molecule has 4 nitrogen and oxygen atoms in total. The maximum absolute atomic E-state index is 15.1. The van der Waals surface area contributed by atoms with E-state index in [-0.39, 0.29) is 5.82 Å². The van der Waals surface area contributed by atoms with E-state index in [0.717, 1.165) is 55.6 Å². The van der Waals surface area contributed by atoms with Crippen LogP contribution in [0.2, 0.25) is 0 Å². The second kappa shape index (κ2) is 8.31. The van der Waals surface area contributed by atoms with E-state index in [0.29, 0.717) is 5.39 Å². The Labute approximate surface area is 248 Å². The van der Waals surface area contributed by atoms with Crippen molar-refractivity contribution < 1.29 is 4.39 Å². The molecule has 0 unspecified atom stereocenters. The lowest BCUT2D eigenvalue weighted by Crippen LogP contribution is -1.95. The van der Waals surface area contributed by atoms with E-state index in [1.54, 1.807) is 23.5 Å². The summed E-state index contributed by atoms with van der Waals surface area (Å²) in [5.41, 5.74) is 8.27. The summed E-state index contributed by atoms with van der Waals surface area (Å²) in [7, 11) is 0. The number of imidazole rings is 2. The molecule has 10 rings (SSSR count). The number of aromatic nitrogens is 4. The van der Waals surface area contributed by atoms with Crippen molar-refractivity contribution in [1.29, 1.82) is 0 Å². The summed E-state index contributed by atoms with van der Waals surface area (Å²) in [6.07, 6.45) is 0. The third-order valence-corrected chi connectivity index (χ3v) is 9.86. The van der Waals surface area contributed by atoms with Crippen molar-refractivity contribution in [2.45, 2.75) is 0 Å². The van der Waals surface area contributed by atoms with Gasteiger partial charge < -0.3 is 4.57 Å². The second-order valence-electron chi connectivity index (χ2n) is 11.0. The zero-order valence-electron chi connectivity index (χ0n) is 22.7. The molecular weight excluding hydrogens is 552 g/mol. The standard InChI is InChI=1S/C37H21FN4S/c38-27-9-7-15-33-36(27)24-8-1-3-11-29(24)40(33)22-16-18-34-25(20-22)26-21-23(17-19-35(26)43-34)41-31-13-5-6-14-32(31)42-30-12-4-2-10-28(30)39-37(41)42/h1-21H. The largest absolute Gasteiger partial charge is 0.309 e. The summed E-state index contributed by atoms with van der Waals surface area (Å²) in [4.78, 5) is 5.07. The Morgan fingerprint density at radius 2 is 1.14 bits per heavy atom. The number of nitrogens with zero attached hydrogens (tertiary/aromatic N) is 4. The van der Waals surface area contributed by atoms with Crippen molar-refractivity contribution >= 4 is 81.2 Å². The van der Waals surface area contributed by atoms with Gasteiger partial charge in [-0.2, -0.15) is 0 Å². The molecule has 0 aliphatic rings. The molecule has 10 aromatic rings. The lowest BCUT2D eigenvalue weighted by atomic mass is 10.1. The van der Waals surface area contributed by atoms with E-state index in [9.17, 15) is 0 Å². The number of halogens is 1. The molecule has 0 spiro atoms. The summed E-state index contributed by atoms with van der Waals surface area (Å²) in [5, 5.41) is 3.95. The minimum Gasteiger partial charge on any atom is -0.309 e. The number of fused-ring (bicyclic) bond motifs is 11. The molecule has 0 fully saturated rings. The topological polar surface area (TPSA) is 27.2 Å². The Morgan fingerprint density at radius 1 is 0.512 bits per heavy atom. The van der Waals surface area contributed by atoms with Gasteiger partial charge in [-0.15, -0.1) is 11.3 Å². The van der Waals surface area contributed by atoms with Crippen molar-refractivity contribution in [3.63, 3.8) is 0 Å². The van der Waals surface area contributed by atoms with E-state index in [1.807, 2.05) is 30.3 Å². The summed E-state index contributed by atoms with van der Waals surface area (Å²) >= 11 is 1.79. The Morgan fingerprint density at radius 3 is 1.93 bits per heavy atom. The number of hydrogen-bond donors (Lipinski definition) is 0. The van der Waals surface area contributed by atoms with Crippen LogP contribution in [0.1, 0.15) is 0 Å². The third-order valence-electron chi connectivity index (χ3n) is 8.71. The van der Waals surface area contributed by atoms with Crippen LogP contribution in [0.4, 0.5) is 4.39 Å². The van der Waals surface area contributed by atoms with Gasteiger partial charge in [0.25, 0.3) is 0 Å². The van der Waals surface area contributed by atoms with Crippen LogP contribution in [0.25, 0.3) is 81.2 Å². The minimum absolute atomic E-state index is 0.198. The molecule has 0 atom stereocenters. The summed E-state index contributed by atoms with van der Waals surface area (Å²) in [5.74, 6) is 0.699. The molecule has 0 aliphatic carbocycles. The zero-order valence-corrected chi connectivity index (χ0v) is 23.5. The van der Waals surface area contributed by atoms with Crippen molar-refractivity contribution in [2.75, 3.05) is 0 Å². The fourth-order valence-corrected chi connectivity index (χ4v) is 7.96. The number of rotatable bonds is 2. The Bertz CT molecular complexity index is 2760. The first-order valence-corrected chi connectivity index (χ1v) is 15.1. The van der Waals surface area contributed by atoms with E-state index in [2.05, 4.69) is 98.5 Å². The van der Waals surface area contributed by atoms with Gasteiger partial charge in [-0.25, -0.2) is 9.37 Å². The number of thiophene rings is 1. The van der Waals surface area contributed by atoms with Crippen LogP contribution in [-0.2, 0) is 0 Å². The number of hydrogen-bond acceptors (Lipinski definition) is 2. The average Bonchev–Trinajstić information content (AvgIpc) is 3.77. The van der Waals surface area contributed by atoms with Gasteiger partial charge in [-0.1, -0.05) is 48.5 Å². The highest BCUT2D eigenvalue weighted by molar-refractivity contribution is 7.25. The SMILES string of the molecule is Fc1cccc2c1c1ccccc1n2-c1ccc2sc3ccc(-n4c5ccccc5n5c6ccccc6nc45)cc3c2c1. The quantitative estimate of drug-likeness (QED) is 0.203. The minimum atomic E-state index is -0.198. The van der Waals surface area contributed by atoms with Crippen molar-refractivity contribution in [3.8, 4) is 11.4 Å². The highest BCUT2D eigenvalue weighted by Crippen LogP contribution is 2.40. The van der Waals surface area contributed by atoms with Crippen LogP contribution in [0.15, 0.2) is 127 Å². The summed E-state index contributed by atoms with van der Waals surface area (Å²) in [6, 6.07) is 43.5. The van der Waals surface area contributed by atoms with E-state index < -0.39 is 0 Å². The van der Waals surface area contributed by atoms with Crippen LogP contribution in [0, 0.1) is 5.82 Å². The van der Waals surface area contributed by atoms with Gasteiger partial charge in [-0.05, 0) is 78.9 Å². The molecule has 0 amide bonds. The van der Waals surface area contributed by atoms with E-state index >= 15 is 4.39 Å². The van der Waals surface area contributed by atoms with Gasteiger partial charge in [0.1, 0.15) is 5.82 Å². The molecule has 0 radical (unpaired) electrons. The molecule has 4 aromatic heterocycles. The van der Waals surface area contributed by atoms with Gasteiger partial charge >= 0.3 is 0 Å². The molecule has 4 heterocycles. The average molecular weight is 573 g/mol. The lowest BCUT2D eigenvalue weighted by Gasteiger charge is -2.09. The Balaban J connectivity index is 1.25. The van der Waals surface area contributed by atoms with Gasteiger partial charge in [0.2, 0.25) is 5.78 Å². The summed E-state index contributed by atoms with van der Waals surface area (Å²) in [6.45, 7) is 0. The molecular formula is C37H21FN4S. The predicted molar refractivity (Wildman–Crippen MR) is 177 cm³/mol. The summed E-state index contributed by atoms with van der Waals surface area (Å²) < 4.78 is 24.2. The number of para-hydroxylation sites is 5. The maximum Gasteiger partial charge on any atom is 0.220 e. The highest BCUT2D eigenvalue weighted by atomic mass is 32.1. The van der Waals surface area contributed by atoms with E-state index in [1.165, 1.54) is 20.2 Å². The second-order valence-corrected chi connectivity index (χ2v) is 12.1. The van der Waals surface area contributed by atoms with Crippen molar-refractivity contribution in [1.82, 2.24) is 18.5 Å². The van der Waals surface area contributed by atoms with Gasteiger partial charge in [0.15, 0.2) is 0 Å². The molecule has 43 heavy (non-hydrogen) atoms. The first-order chi connectivity index (χ1) is 21.2. The smallest absolute Gasteiger partial charge is 0.220 e. The number of benzene rings is 6. The first-order valence-electron chi connectivity index (χ1n) is 14.3. The molecule has 6 aromatic carbocycles. The molecule has 0 aliphatic heterocycles. The van der Waals surface area contributed by atoms with Crippen LogP contribution < -0.4 is 0 Å². The molecule has 202 valence electrons.